The molecule has 0 bridgehead atoms. The number of imidazole rings is 1. The largest absolute Gasteiger partial charge is 0.394 e. The van der Waals surface area contributed by atoms with E-state index in [1.807, 2.05) is 44.6 Å². The maximum Gasteiger partial charge on any atom is 0.139 e. The summed E-state index contributed by atoms with van der Waals surface area (Å²) in [6.07, 6.45) is 4.64. The van der Waals surface area contributed by atoms with E-state index in [2.05, 4.69) is 27.0 Å². The molecule has 2 N–H and O–H groups in total. The standard InChI is InChI=1S/C15H21N3O/c1-15(12-19,16-2)8-10-18-11-9-17-14(18)13-6-4-3-5-7-13/h3-7,9,11,16,19H,8,10,12H2,1-2H3. The van der Waals surface area contributed by atoms with Crippen LogP contribution < -0.4 is 5.32 Å². The molecule has 1 heterocycles. The van der Waals surface area contributed by atoms with Crippen LogP contribution in [-0.2, 0) is 6.54 Å². The molecule has 4 heteroatoms. The Balaban J connectivity index is 2.13. The smallest absolute Gasteiger partial charge is 0.139 e. The molecule has 4 nitrogen and oxygen atoms in total. The quantitative estimate of drug-likeness (QED) is 0.833. The fraction of sp³-hybridized carbons (Fsp3) is 0.400. The molecule has 2 rings (SSSR count). The first-order valence-electron chi connectivity index (χ1n) is 6.55. The number of aliphatic hydroxyl groups is 1. The summed E-state index contributed by atoms with van der Waals surface area (Å²) >= 11 is 0. The molecule has 0 spiro atoms. The fourth-order valence-corrected chi connectivity index (χ4v) is 1.99. The molecule has 19 heavy (non-hydrogen) atoms. The summed E-state index contributed by atoms with van der Waals surface area (Å²) in [5.41, 5.74) is 0.862. The van der Waals surface area contributed by atoms with E-state index in [0.717, 1.165) is 24.4 Å². The van der Waals surface area contributed by atoms with E-state index >= 15 is 0 Å². The summed E-state index contributed by atoms with van der Waals surface area (Å²) in [5.74, 6) is 0.969. The molecule has 0 fully saturated rings. The number of nitrogens with one attached hydrogen (secondary N) is 1. The van der Waals surface area contributed by atoms with E-state index in [1.165, 1.54) is 0 Å². The van der Waals surface area contributed by atoms with Crippen LogP contribution in [0.4, 0.5) is 0 Å². The third kappa shape index (κ3) is 3.22. The van der Waals surface area contributed by atoms with E-state index in [9.17, 15) is 5.11 Å². The highest BCUT2D eigenvalue weighted by Gasteiger charge is 2.20. The minimum atomic E-state index is -0.252. The van der Waals surface area contributed by atoms with Crippen LogP contribution in [-0.4, -0.2) is 33.9 Å². The highest BCUT2D eigenvalue weighted by molar-refractivity contribution is 5.55. The van der Waals surface area contributed by atoms with Crippen molar-refractivity contribution in [3.63, 3.8) is 0 Å². The second kappa shape index (κ2) is 5.99. The number of likely N-dealkylation sites (N-methyl/N-ethyl adjacent to an activating group) is 1. The number of benzene rings is 1. The topological polar surface area (TPSA) is 50.1 Å². The Morgan fingerprint density at radius 1 is 1.32 bits per heavy atom. The lowest BCUT2D eigenvalue weighted by Gasteiger charge is -2.27. The molecule has 0 aliphatic carbocycles. The van der Waals surface area contributed by atoms with E-state index in [1.54, 1.807) is 0 Å². The number of aliphatic hydroxyl groups excluding tert-OH is 1. The van der Waals surface area contributed by atoms with Crippen molar-refractivity contribution >= 4 is 0 Å². The van der Waals surface area contributed by atoms with Gasteiger partial charge in [0.1, 0.15) is 5.82 Å². The molecule has 1 aromatic heterocycles. The minimum absolute atomic E-state index is 0.124. The van der Waals surface area contributed by atoms with Crippen molar-refractivity contribution in [1.82, 2.24) is 14.9 Å². The summed E-state index contributed by atoms with van der Waals surface area (Å²) in [6.45, 7) is 2.97. The molecule has 1 atom stereocenters. The van der Waals surface area contributed by atoms with E-state index in [-0.39, 0.29) is 12.1 Å². The fourth-order valence-electron chi connectivity index (χ4n) is 1.99. The van der Waals surface area contributed by atoms with Gasteiger partial charge in [-0.1, -0.05) is 30.3 Å². The second-order valence-corrected chi connectivity index (χ2v) is 5.03. The first-order valence-corrected chi connectivity index (χ1v) is 6.55. The van der Waals surface area contributed by atoms with Gasteiger partial charge in [-0.15, -0.1) is 0 Å². The SMILES string of the molecule is CNC(C)(CO)CCn1ccnc1-c1ccccc1. The maximum absolute atomic E-state index is 9.41. The lowest BCUT2D eigenvalue weighted by atomic mass is 9.99. The molecular weight excluding hydrogens is 238 g/mol. The molecule has 0 saturated carbocycles. The Labute approximate surface area is 114 Å². The van der Waals surface area contributed by atoms with Crippen LogP contribution in [0, 0.1) is 0 Å². The van der Waals surface area contributed by atoms with Crippen molar-refractivity contribution in [2.75, 3.05) is 13.7 Å². The van der Waals surface area contributed by atoms with Crippen molar-refractivity contribution in [3.8, 4) is 11.4 Å². The van der Waals surface area contributed by atoms with Gasteiger partial charge in [-0.05, 0) is 20.4 Å². The lowest BCUT2D eigenvalue weighted by molar-refractivity contribution is 0.169. The van der Waals surface area contributed by atoms with Gasteiger partial charge >= 0.3 is 0 Å². The molecule has 0 aliphatic rings. The van der Waals surface area contributed by atoms with Crippen molar-refractivity contribution in [2.45, 2.75) is 25.4 Å². The molecule has 102 valence electrons. The predicted molar refractivity (Wildman–Crippen MR) is 76.8 cm³/mol. The molecular formula is C15H21N3O. The first kappa shape index (κ1) is 13.8. The van der Waals surface area contributed by atoms with Crippen LogP contribution in [0.5, 0.6) is 0 Å². The second-order valence-electron chi connectivity index (χ2n) is 5.03. The zero-order valence-electron chi connectivity index (χ0n) is 11.5. The third-order valence-corrected chi connectivity index (χ3v) is 3.60. The minimum Gasteiger partial charge on any atom is -0.394 e. The van der Waals surface area contributed by atoms with E-state index in [4.69, 9.17) is 0 Å². The predicted octanol–water partition coefficient (Wildman–Crippen LogP) is 1.91. The highest BCUT2D eigenvalue weighted by atomic mass is 16.3. The summed E-state index contributed by atoms with van der Waals surface area (Å²) in [6, 6.07) is 10.1. The molecule has 0 saturated heterocycles. The van der Waals surface area contributed by atoms with Crippen LogP contribution in [0.1, 0.15) is 13.3 Å². The number of rotatable bonds is 6. The van der Waals surface area contributed by atoms with Crippen LogP contribution in [0.15, 0.2) is 42.7 Å². The Kier molecular flexibility index (Phi) is 4.35. The van der Waals surface area contributed by atoms with Gasteiger partial charge in [0.05, 0.1) is 6.61 Å². The number of hydrogen-bond acceptors (Lipinski definition) is 3. The lowest BCUT2D eigenvalue weighted by Crippen LogP contribution is -2.44. The molecule has 1 aromatic carbocycles. The zero-order valence-corrected chi connectivity index (χ0v) is 11.5. The Bertz CT molecular complexity index is 503. The number of hydrogen-bond donors (Lipinski definition) is 2. The monoisotopic (exact) mass is 259 g/mol. The van der Waals surface area contributed by atoms with E-state index < -0.39 is 0 Å². The molecule has 1 unspecified atom stereocenters. The Morgan fingerprint density at radius 3 is 2.68 bits per heavy atom. The molecule has 2 aromatic rings. The van der Waals surface area contributed by atoms with Gasteiger partial charge in [0.15, 0.2) is 0 Å². The van der Waals surface area contributed by atoms with Crippen LogP contribution >= 0.6 is 0 Å². The number of aryl methyl sites for hydroxylation is 1. The average Bonchev–Trinajstić information content (AvgIpc) is 2.94. The van der Waals surface area contributed by atoms with E-state index in [0.29, 0.717) is 0 Å². The number of nitrogens with zero attached hydrogens (tertiary/aromatic N) is 2. The molecule has 0 aliphatic heterocycles. The average molecular weight is 259 g/mol. The van der Waals surface area contributed by atoms with Crippen molar-refractivity contribution in [3.05, 3.63) is 42.7 Å². The van der Waals surface area contributed by atoms with Gasteiger partial charge in [0.2, 0.25) is 0 Å². The van der Waals surface area contributed by atoms with Gasteiger partial charge in [-0.25, -0.2) is 4.98 Å². The maximum atomic E-state index is 9.41. The number of aromatic nitrogens is 2. The first-order chi connectivity index (χ1) is 9.18. The van der Waals surface area contributed by atoms with Crippen molar-refractivity contribution < 1.29 is 5.11 Å². The summed E-state index contributed by atoms with van der Waals surface area (Å²) < 4.78 is 2.13. The molecule has 0 radical (unpaired) electrons. The van der Waals surface area contributed by atoms with Crippen LogP contribution in [0.2, 0.25) is 0 Å². The van der Waals surface area contributed by atoms with Crippen LogP contribution in [0.3, 0.4) is 0 Å². The van der Waals surface area contributed by atoms with Gasteiger partial charge in [0.25, 0.3) is 0 Å². The van der Waals surface area contributed by atoms with Gasteiger partial charge < -0.3 is 15.0 Å². The van der Waals surface area contributed by atoms with Crippen molar-refractivity contribution in [1.29, 1.82) is 0 Å². The summed E-state index contributed by atoms with van der Waals surface area (Å²) in [5, 5.41) is 12.6. The zero-order chi connectivity index (χ0) is 13.7. The normalized spacial score (nSPS) is 14.3. The summed E-state index contributed by atoms with van der Waals surface area (Å²) in [4.78, 5) is 4.42. The third-order valence-electron chi connectivity index (χ3n) is 3.60. The van der Waals surface area contributed by atoms with Gasteiger partial charge in [-0.2, -0.15) is 0 Å². The Hall–Kier alpha value is -1.65. The summed E-state index contributed by atoms with van der Waals surface area (Å²) in [7, 11) is 1.88. The van der Waals surface area contributed by atoms with Gasteiger partial charge in [-0.3, -0.25) is 0 Å². The molecule has 0 amide bonds. The van der Waals surface area contributed by atoms with Gasteiger partial charge in [0, 0.05) is 30.0 Å². The van der Waals surface area contributed by atoms with Crippen molar-refractivity contribution in [2.24, 2.45) is 0 Å². The van der Waals surface area contributed by atoms with Crippen LogP contribution in [0.25, 0.3) is 11.4 Å². The highest BCUT2D eigenvalue weighted by Crippen LogP contribution is 2.18. The Morgan fingerprint density at radius 2 is 2.05 bits per heavy atom.